The molecule has 1 aromatic heterocycles. The average Bonchev–Trinajstić information content (AvgIpc) is 2.84. The van der Waals surface area contributed by atoms with Gasteiger partial charge < -0.3 is 9.73 Å². The maximum absolute atomic E-state index is 10.9. The van der Waals surface area contributed by atoms with Gasteiger partial charge in [-0.2, -0.15) is 0 Å². The first kappa shape index (κ1) is 15.2. The Morgan fingerprint density at radius 2 is 2.10 bits per heavy atom. The molecule has 6 heteroatoms. The summed E-state index contributed by atoms with van der Waals surface area (Å²) in [5.41, 5.74) is 1.61. The van der Waals surface area contributed by atoms with Gasteiger partial charge in [-0.3, -0.25) is 10.1 Å². The molecule has 2 aromatic rings. The third-order valence-electron chi connectivity index (χ3n) is 3.02. The van der Waals surface area contributed by atoms with Crippen molar-refractivity contribution in [2.45, 2.75) is 39.8 Å². The molecule has 0 fully saturated rings. The van der Waals surface area contributed by atoms with Crippen LogP contribution in [0.25, 0.3) is 11.3 Å². The van der Waals surface area contributed by atoms with Gasteiger partial charge in [0.15, 0.2) is 5.76 Å². The molecule has 0 saturated heterocycles. The van der Waals surface area contributed by atoms with Crippen LogP contribution >= 0.6 is 0 Å². The first-order valence-electron chi connectivity index (χ1n) is 6.71. The monoisotopic (exact) mass is 289 g/mol. The molecular formula is C15H19N3O3. The van der Waals surface area contributed by atoms with Crippen LogP contribution in [0.1, 0.15) is 32.2 Å². The third kappa shape index (κ3) is 3.88. The van der Waals surface area contributed by atoms with Crippen LogP contribution in [0.2, 0.25) is 0 Å². The minimum absolute atomic E-state index is 0.0317. The molecule has 0 radical (unpaired) electrons. The lowest BCUT2D eigenvalue weighted by Crippen LogP contribution is -2.35. The summed E-state index contributed by atoms with van der Waals surface area (Å²) in [6.45, 7) is 8.57. The molecule has 0 aliphatic rings. The van der Waals surface area contributed by atoms with Crippen LogP contribution in [0.15, 0.2) is 28.8 Å². The molecule has 0 amide bonds. The highest BCUT2D eigenvalue weighted by atomic mass is 16.6. The van der Waals surface area contributed by atoms with E-state index in [1.165, 1.54) is 12.1 Å². The number of nitrogens with zero attached hydrogens (tertiary/aromatic N) is 2. The zero-order valence-corrected chi connectivity index (χ0v) is 12.6. The average molecular weight is 289 g/mol. The van der Waals surface area contributed by atoms with Crippen LogP contribution in [0.3, 0.4) is 0 Å². The van der Waals surface area contributed by atoms with Gasteiger partial charge in [-0.25, -0.2) is 4.98 Å². The lowest BCUT2D eigenvalue weighted by Gasteiger charge is -2.18. The normalized spacial score (nSPS) is 11.6. The Morgan fingerprint density at radius 1 is 1.38 bits per heavy atom. The van der Waals surface area contributed by atoms with Gasteiger partial charge in [-0.05, 0) is 33.3 Å². The quantitative estimate of drug-likeness (QED) is 0.688. The van der Waals surface area contributed by atoms with Crippen molar-refractivity contribution in [2.24, 2.45) is 0 Å². The summed E-state index contributed by atoms with van der Waals surface area (Å²) in [6.07, 6.45) is 1.60. The lowest BCUT2D eigenvalue weighted by atomic mass is 10.1. The van der Waals surface area contributed by atoms with Gasteiger partial charge in [-0.1, -0.05) is 6.07 Å². The van der Waals surface area contributed by atoms with E-state index in [-0.39, 0.29) is 11.2 Å². The smallest absolute Gasteiger partial charge is 0.270 e. The summed E-state index contributed by atoms with van der Waals surface area (Å²) >= 11 is 0. The zero-order valence-electron chi connectivity index (χ0n) is 12.6. The predicted molar refractivity (Wildman–Crippen MR) is 79.9 cm³/mol. The van der Waals surface area contributed by atoms with Crippen molar-refractivity contribution in [3.8, 4) is 11.3 Å². The minimum Gasteiger partial charge on any atom is -0.439 e. The van der Waals surface area contributed by atoms with Gasteiger partial charge in [0.1, 0.15) is 0 Å². The summed E-state index contributed by atoms with van der Waals surface area (Å²) < 4.78 is 5.68. The van der Waals surface area contributed by atoms with Crippen LogP contribution in [0.4, 0.5) is 5.69 Å². The Morgan fingerprint density at radius 3 is 2.71 bits per heavy atom. The number of nitro groups is 1. The maximum atomic E-state index is 10.9. The Balaban J connectivity index is 2.25. The molecule has 1 heterocycles. The first-order valence-corrected chi connectivity index (χ1v) is 6.71. The van der Waals surface area contributed by atoms with Gasteiger partial charge in [0.2, 0.25) is 5.89 Å². The Bertz CT molecular complexity index is 656. The lowest BCUT2D eigenvalue weighted by molar-refractivity contribution is -0.384. The van der Waals surface area contributed by atoms with Gasteiger partial charge in [0.05, 0.1) is 17.7 Å². The number of oxazole rings is 1. The second-order valence-corrected chi connectivity index (χ2v) is 5.98. The largest absolute Gasteiger partial charge is 0.439 e. The molecule has 0 unspecified atom stereocenters. The zero-order chi connectivity index (χ0) is 15.6. The summed E-state index contributed by atoms with van der Waals surface area (Å²) in [7, 11) is 0. The maximum Gasteiger partial charge on any atom is 0.270 e. The van der Waals surface area contributed by atoms with Crippen molar-refractivity contribution in [1.82, 2.24) is 10.3 Å². The number of aromatic nitrogens is 1. The van der Waals surface area contributed by atoms with E-state index < -0.39 is 4.92 Å². The van der Waals surface area contributed by atoms with Crippen LogP contribution in [-0.4, -0.2) is 15.4 Å². The highest BCUT2D eigenvalue weighted by Gasteiger charge is 2.15. The molecule has 0 aliphatic carbocycles. The number of benzene rings is 1. The molecule has 0 spiro atoms. The van der Waals surface area contributed by atoms with Gasteiger partial charge in [0, 0.05) is 23.2 Å². The molecule has 2 rings (SSSR count). The van der Waals surface area contributed by atoms with Gasteiger partial charge >= 0.3 is 0 Å². The van der Waals surface area contributed by atoms with E-state index >= 15 is 0 Å². The van der Waals surface area contributed by atoms with E-state index in [9.17, 15) is 10.1 Å². The van der Waals surface area contributed by atoms with E-state index in [4.69, 9.17) is 4.42 Å². The molecule has 1 aromatic carbocycles. The standard InChI is InChI=1S/C15H19N3O3/c1-10-5-6-11(18(19)20)7-12(10)13-8-16-14(21-13)9-17-15(2,3)4/h5-8,17H,9H2,1-4H3. The number of aryl methyl sites for hydroxylation is 1. The first-order chi connectivity index (χ1) is 9.76. The van der Waals surface area contributed by atoms with Crippen molar-refractivity contribution in [2.75, 3.05) is 0 Å². The predicted octanol–water partition coefficient (Wildman–Crippen LogP) is 3.45. The fraction of sp³-hybridized carbons (Fsp3) is 0.400. The van der Waals surface area contributed by atoms with E-state index in [2.05, 4.69) is 31.1 Å². The van der Waals surface area contributed by atoms with Crippen molar-refractivity contribution in [3.63, 3.8) is 0 Å². The summed E-state index contributed by atoms with van der Waals surface area (Å²) in [5, 5.41) is 14.1. The summed E-state index contributed by atoms with van der Waals surface area (Å²) in [6, 6.07) is 4.71. The third-order valence-corrected chi connectivity index (χ3v) is 3.02. The molecular weight excluding hydrogens is 270 g/mol. The van der Waals surface area contributed by atoms with Crippen LogP contribution in [0, 0.1) is 17.0 Å². The van der Waals surface area contributed by atoms with E-state index in [1.807, 2.05) is 6.92 Å². The molecule has 112 valence electrons. The molecule has 0 aliphatic heterocycles. The summed E-state index contributed by atoms with van der Waals surface area (Å²) in [4.78, 5) is 14.7. The second kappa shape index (κ2) is 5.65. The van der Waals surface area contributed by atoms with Crippen LogP contribution in [-0.2, 0) is 6.54 Å². The van der Waals surface area contributed by atoms with E-state index in [0.29, 0.717) is 23.8 Å². The van der Waals surface area contributed by atoms with Crippen molar-refractivity contribution >= 4 is 5.69 Å². The molecule has 6 nitrogen and oxygen atoms in total. The van der Waals surface area contributed by atoms with Gasteiger partial charge in [0.25, 0.3) is 5.69 Å². The van der Waals surface area contributed by atoms with Crippen molar-refractivity contribution < 1.29 is 9.34 Å². The minimum atomic E-state index is -0.415. The fourth-order valence-electron chi connectivity index (χ4n) is 1.85. The van der Waals surface area contributed by atoms with Crippen LogP contribution in [0.5, 0.6) is 0 Å². The molecule has 0 bridgehead atoms. The number of hydrogen-bond acceptors (Lipinski definition) is 5. The Kier molecular flexibility index (Phi) is 4.09. The number of nitro benzene ring substituents is 1. The fourth-order valence-corrected chi connectivity index (χ4v) is 1.85. The molecule has 21 heavy (non-hydrogen) atoms. The number of non-ortho nitro benzene ring substituents is 1. The Hall–Kier alpha value is -2.21. The highest BCUT2D eigenvalue weighted by Crippen LogP contribution is 2.28. The van der Waals surface area contributed by atoms with Crippen molar-refractivity contribution in [1.29, 1.82) is 0 Å². The number of hydrogen-bond donors (Lipinski definition) is 1. The van der Waals surface area contributed by atoms with Crippen LogP contribution < -0.4 is 5.32 Å². The van der Waals surface area contributed by atoms with E-state index in [0.717, 1.165) is 5.56 Å². The van der Waals surface area contributed by atoms with Crippen molar-refractivity contribution in [3.05, 3.63) is 46.0 Å². The SMILES string of the molecule is Cc1ccc([N+](=O)[O-])cc1-c1cnc(CNC(C)(C)C)o1. The summed E-state index contributed by atoms with van der Waals surface area (Å²) in [5.74, 6) is 1.10. The highest BCUT2D eigenvalue weighted by molar-refractivity contribution is 5.64. The molecule has 1 N–H and O–H groups in total. The number of nitrogens with one attached hydrogen (secondary N) is 1. The Labute approximate surface area is 123 Å². The second-order valence-electron chi connectivity index (χ2n) is 5.98. The molecule has 0 saturated carbocycles. The topological polar surface area (TPSA) is 81.2 Å². The van der Waals surface area contributed by atoms with E-state index in [1.54, 1.807) is 12.3 Å². The van der Waals surface area contributed by atoms with Gasteiger partial charge in [-0.15, -0.1) is 0 Å². The molecule has 0 atom stereocenters. The number of rotatable bonds is 4.